The number of hydrogen-bond donors (Lipinski definition) is 4. The topological polar surface area (TPSA) is 76.0 Å². The number of nitrogens with one attached hydrogen (secondary N) is 1. The van der Waals surface area contributed by atoms with Crippen LogP contribution in [0.2, 0.25) is 0 Å². The van der Waals surface area contributed by atoms with Gasteiger partial charge < -0.3 is 15.4 Å². The zero-order chi connectivity index (χ0) is 14.0. The van der Waals surface area contributed by atoms with Gasteiger partial charge in [0.2, 0.25) is 0 Å². The molecule has 0 rings (SSSR count). The molecule has 0 aliphatic carbocycles. The summed E-state index contributed by atoms with van der Waals surface area (Å²) >= 11 is 0. The average Bonchev–Trinajstić information content (AvgIpc) is 2.34. The van der Waals surface area contributed by atoms with Crippen LogP contribution >= 0.6 is 0 Å². The van der Waals surface area contributed by atoms with Gasteiger partial charge >= 0.3 is 0 Å². The first-order chi connectivity index (χ1) is 8.58. The number of hydrogen-bond acceptors (Lipinski definition) is 5. The molecule has 0 aliphatic heterocycles. The largest absolute Gasteiger partial charge is 0.395 e. The maximum atomic E-state index is 9.62. The zero-order valence-corrected chi connectivity index (χ0v) is 12.0. The fourth-order valence-electron chi connectivity index (χ4n) is 2.46. The Bertz CT molecular complexity index is 197. The van der Waals surface area contributed by atoms with E-state index in [0.717, 1.165) is 25.7 Å². The predicted octanol–water partition coefficient (Wildman–Crippen LogP) is 1.18. The first-order valence-corrected chi connectivity index (χ1v) is 6.97. The molecule has 1 unspecified atom stereocenters. The quantitative estimate of drug-likeness (QED) is 0.256. The highest BCUT2D eigenvalue weighted by Gasteiger charge is 2.38. The molecule has 0 saturated carbocycles. The van der Waals surface area contributed by atoms with E-state index in [1.54, 1.807) is 0 Å². The van der Waals surface area contributed by atoms with Crippen LogP contribution in [0.1, 0.15) is 46.5 Å². The molecule has 0 radical (unpaired) electrons. The third-order valence-electron chi connectivity index (χ3n) is 3.61. The summed E-state index contributed by atoms with van der Waals surface area (Å²) in [6, 6.07) is 0. The number of unbranched alkanes of at least 4 members (excludes halogenated alkanes) is 2. The summed E-state index contributed by atoms with van der Waals surface area (Å²) in [6.07, 6.45) is 4.05. The Morgan fingerprint density at radius 3 is 2.00 bits per heavy atom. The van der Waals surface area contributed by atoms with E-state index in [1.165, 1.54) is 0 Å². The Hall–Kier alpha value is -0.200. The Balaban J connectivity index is 4.86. The molecule has 0 amide bonds. The Kier molecular flexibility index (Phi) is 9.59. The van der Waals surface area contributed by atoms with Gasteiger partial charge in [-0.3, -0.25) is 4.90 Å². The third kappa shape index (κ3) is 4.82. The molecule has 1 atom stereocenters. The normalized spacial score (nSPS) is 15.3. The Labute approximate surface area is 111 Å². The minimum absolute atomic E-state index is 0.0178. The highest BCUT2D eigenvalue weighted by atomic mass is 16.5. The second-order valence-corrected chi connectivity index (χ2v) is 5.08. The van der Waals surface area contributed by atoms with Gasteiger partial charge in [0, 0.05) is 13.1 Å². The predicted molar refractivity (Wildman–Crippen MR) is 72.4 cm³/mol. The van der Waals surface area contributed by atoms with Crippen molar-refractivity contribution in [1.82, 2.24) is 10.4 Å². The lowest BCUT2D eigenvalue weighted by Gasteiger charge is -2.46. The van der Waals surface area contributed by atoms with Gasteiger partial charge in [-0.15, -0.1) is 0 Å². The highest BCUT2D eigenvalue weighted by Crippen LogP contribution is 2.27. The summed E-state index contributed by atoms with van der Waals surface area (Å²) in [7, 11) is 0. The van der Waals surface area contributed by atoms with Crippen molar-refractivity contribution in [2.24, 2.45) is 5.92 Å². The summed E-state index contributed by atoms with van der Waals surface area (Å²) < 4.78 is 0. The zero-order valence-electron chi connectivity index (χ0n) is 12.0. The van der Waals surface area contributed by atoms with Crippen LogP contribution in [0.4, 0.5) is 0 Å². The lowest BCUT2D eigenvalue weighted by atomic mass is 9.88. The van der Waals surface area contributed by atoms with E-state index >= 15 is 0 Å². The number of nitrogens with zero attached hydrogens (tertiary/aromatic N) is 1. The van der Waals surface area contributed by atoms with Gasteiger partial charge in [-0.2, -0.15) is 5.48 Å². The molecule has 0 fully saturated rings. The summed E-state index contributed by atoms with van der Waals surface area (Å²) in [5, 5.41) is 27.9. The molecule has 110 valence electrons. The van der Waals surface area contributed by atoms with E-state index in [4.69, 9.17) is 10.2 Å². The molecule has 5 heteroatoms. The standard InChI is InChI=1S/C13H30N2O3/c1-4-5-6-7-13(14-18,12(2)3)15(8-10-16)9-11-17/h12,14,16-18H,4-11H2,1-3H3. The van der Waals surface area contributed by atoms with Crippen molar-refractivity contribution < 1.29 is 15.4 Å². The molecule has 18 heavy (non-hydrogen) atoms. The van der Waals surface area contributed by atoms with E-state index in [2.05, 4.69) is 12.4 Å². The van der Waals surface area contributed by atoms with Crippen molar-refractivity contribution in [1.29, 1.82) is 0 Å². The maximum absolute atomic E-state index is 9.62. The van der Waals surface area contributed by atoms with E-state index < -0.39 is 5.66 Å². The van der Waals surface area contributed by atoms with Gasteiger partial charge in [0.25, 0.3) is 0 Å². The maximum Gasteiger partial charge on any atom is 0.0969 e. The average molecular weight is 262 g/mol. The SMILES string of the molecule is CCCCCC(NO)(C(C)C)N(CCO)CCO. The van der Waals surface area contributed by atoms with Crippen molar-refractivity contribution >= 4 is 0 Å². The van der Waals surface area contributed by atoms with E-state index in [9.17, 15) is 5.21 Å². The molecule has 4 N–H and O–H groups in total. The van der Waals surface area contributed by atoms with Crippen LogP contribution in [0.3, 0.4) is 0 Å². The molecule has 0 aromatic carbocycles. The number of aliphatic hydroxyl groups excluding tert-OH is 2. The lowest BCUT2D eigenvalue weighted by molar-refractivity contribution is -0.0952. The number of rotatable bonds is 11. The van der Waals surface area contributed by atoms with Crippen molar-refractivity contribution in [2.75, 3.05) is 26.3 Å². The van der Waals surface area contributed by atoms with Crippen LogP contribution in [0.25, 0.3) is 0 Å². The Morgan fingerprint density at radius 2 is 1.67 bits per heavy atom. The van der Waals surface area contributed by atoms with Crippen LogP contribution in [-0.2, 0) is 0 Å². The molecule has 0 aromatic heterocycles. The van der Waals surface area contributed by atoms with Gasteiger partial charge in [-0.05, 0) is 12.3 Å². The molecule has 0 aromatic rings. The first kappa shape index (κ1) is 17.8. The van der Waals surface area contributed by atoms with Gasteiger partial charge in [0.1, 0.15) is 0 Å². The Morgan fingerprint density at radius 1 is 1.11 bits per heavy atom. The molecule has 5 nitrogen and oxygen atoms in total. The lowest BCUT2D eigenvalue weighted by Crippen LogP contribution is -2.62. The second-order valence-electron chi connectivity index (χ2n) is 5.08. The van der Waals surface area contributed by atoms with Gasteiger partial charge in [-0.1, -0.05) is 40.0 Å². The van der Waals surface area contributed by atoms with Crippen LogP contribution in [0.5, 0.6) is 0 Å². The van der Waals surface area contributed by atoms with E-state index in [1.807, 2.05) is 18.7 Å². The van der Waals surface area contributed by atoms with Crippen LogP contribution in [0, 0.1) is 5.92 Å². The third-order valence-corrected chi connectivity index (χ3v) is 3.61. The molecule has 0 saturated heterocycles. The monoisotopic (exact) mass is 262 g/mol. The summed E-state index contributed by atoms with van der Waals surface area (Å²) in [5.74, 6) is 0.178. The molecule has 0 aliphatic rings. The van der Waals surface area contributed by atoms with Crippen molar-refractivity contribution in [3.05, 3.63) is 0 Å². The van der Waals surface area contributed by atoms with Gasteiger partial charge in [0.15, 0.2) is 0 Å². The van der Waals surface area contributed by atoms with Gasteiger partial charge in [0.05, 0.1) is 18.9 Å². The number of aliphatic hydroxyl groups is 2. The number of hydroxylamine groups is 1. The van der Waals surface area contributed by atoms with Crippen molar-refractivity contribution in [3.63, 3.8) is 0 Å². The summed E-state index contributed by atoms with van der Waals surface area (Å²) in [4.78, 5) is 1.94. The van der Waals surface area contributed by atoms with Crippen molar-refractivity contribution in [2.45, 2.75) is 52.1 Å². The smallest absolute Gasteiger partial charge is 0.0969 e. The van der Waals surface area contributed by atoms with Crippen LogP contribution < -0.4 is 5.48 Å². The highest BCUT2D eigenvalue weighted by molar-refractivity contribution is 4.88. The molecule has 0 spiro atoms. The van der Waals surface area contributed by atoms with Crippen LogP contribution in [-0.4, -0.2) is 52.3 Å². The first-order valence-electron chi connectivity index (χ1n) is 6.97. The molecule has 0 bridgehead atoms. The van der Waals surface area contributed by atoms with Gasteiger partial charge in [-0.25, -0.2) is 0 Å². The summed E-state index contributed by atoms with van der Waals surface area (Å²) in [6.45, 7) is 7.14. The van der Waals surface area contributed by atoms with Crippen LogP contribution in [0.15, 0.2) is 0 Å². The minimum atomic E-state index is -0.569. The fraction of sp³-hybridized carbons (Fsp3) is 1.00. The molecular formula is C13H30N2O3. The second kappa shape index (κ2) is 9.69. The van der Waals surface area contributed by atoms with Crippen molar-refractivity contribution in [3.8, 4) is 0 Å². The minimum Gasteiger partial charge on any atom is -0.395 e. The molecule has 0 heterocycles. The fourth-order valence-corrected chi connectivity index (χ4v) is 2.46. The molecular weight excluding hydrogens is 232 g/mol. The summed E-state index contributed by atoms with van der Waals surface area (Å²) in [5.41, 5.74) is 1.88. The van der Waals surface area contributed by atoms with E-state index in [-0.39, 0.29) is 19.1 Å². The van der Waals surface area contributed by atoms with E-state index in [0.29, 0.717) is 13.1 Å².